The summed E-state index contributed by atoms with van der Waals surface area (Å²) in [7, 11) is 0.0332. The van der Waals surface area contributed by atoms with Crippen LogP contribution < -0.4 is 10.0 Å². The smallest absolute Gasteiger partial charge is 0.261 e. The van der Waals surface area contributed by atoms with Crippen LogP contribution >= 0.6 is 11.6 Å². The Morgan fingerprint density at radius 2 is 1.81 bits per heavy atom. The minimum absolute atomic E-state index is 0.0857. The molecule has 32 heavy (non-hydrogen) atoms. The van der Waals surface area contributed by atoms with E-state index in [0.717, 1.165) is 5.76 Å². The van der Waals surface area contributed by atoms with Crippen molar-refractivity contribution in [3.05, 3.63) is 89.3 Å². The molecule has 1 heterocycles. The van der Waals surface area contributed by atoms with Crippen LogP contribution in [0.1, 0.15) is 17.4 Å². The molecule has 2 aromatic carbocycles. The van der Waals surface area contributed by atoms with Crippen LogP contribution in [0.3, 0.4) is 0 Å². The van der Waals surface area contributed by atoms with E-state index in [1.54, 1.807) is 54.8 Å². The van der Waals surface area contributed by atoms with Crippen molar-refractivity contribution in [2.24, 2.45) is 0 Å². The van der Waals surface area contributed by atoms with Crippen molar-refractivity contribution in [2.45, 2.75) is 10.9 Å². The first-order valence-electron chi connectivity index (χ1n) is 9.79. The molecule has 0 fully saturated rings. The molecular weight excluding hydrogens is 450 g/mol. The van der Waals surface area contributed by atoms with Gasteiger partial charge < -0.3 is 9.73 Å². The second kappa shape index (κ2) is 10.5. The van der Waals surface area contributed by atoms with Gasteiger partial charge >= 0.3 is 0 Å². The van der Waals surface area contributed by atoms with Crippen LogP contribution in [0.4, 0.5) is 5.69 Å². The second-order valence-corrected chi connectivity index (χ2v) is 9.32. The van der Waals surface area contributed by atoms with Crippen LogP contribution in [0.25, 0.3) is 6.08 Å². The molecule has 0 aliphatic carbocycles. The van der Waals surface area contributed by atoms with Gasteiger partial charge in [-0.05, 0) is 62.1 Å². The number of furan rings is 1. The molecule has 1 aromatic heterocycles. The third-order valence-corrected chi connectivity index (χ3v) is 6.41. The number of para-hydroxylation sites is 1. The monoisotopic (exact) mass is 473 g/mol. The molecule has 2 N–H and O–H groups in total. The van der Waals surface area contributed by atoms with E-state index >= 15 is 0 Å². The van der Waals surface area contributed by atoms with Crippen LogP contribution in [0.2, 0.25) is 5.02 Å². The van der Waals surface area contributed by atoms with Crippen LogP contribution in [0, 0.1) is 0 Å². The number of carbonyl (C=O) groups excluding carboxylic acids is 1. The first kappa shape index (κ1) is 23.6. The minimum atomic E-state index is -3.78. The second-order valence-electron chi connectivity index (χ2n) is 7.23. The van der Waals surface area contributed by atoms with Crippen molar-refractivity contribution < 1.29 is 17.6 Å². The van der Waals surface area contributed by atoms with Crippen molar-refractivity contribution >= 4 is 39.3 Å². The lowest BCUT2D eigenvalue weighted by molar-refractivity contribution is -0.116. The van der Waals surface area contributed by atoms with E-state index in [2.05, 4.69) is 10.0 Å². The zero-order valence-electron chi connectivity index (χ0n) is 17.7. The lowest BCUT2D eigenvalue weighted by Crippen LogP contribution is -2.33. The number of halogens is 1. The summed E-state index contributed by atoms with van der Waals surface area (Å²) in [6, 6.07) is 16.4. The number of sulfonamides is 1. The van der Waals surface area contributed by atoms with E-state index in [0.29, 0.717) is 22.8 Å². The van der Waals surface area contributed by atoms with E-state index < -0.39 is 10.0 Å². The number of nitrogens with zero attached hydrogens (tertiary/aromatic N) is 1. The maximum Gasteiger partial charge on any atom is 0.261 e. The average molecular weight is 474 g/mol. The van der Waals surface area contributed by atoms with Crippen LogP contribution in [-0.2, 0) is 14.8 Å². The lowest BCUT2D eigenvalue weighted by atomic mass is 10.2. The van der Waals surface area contributed by atoms with Gasteiger partial charge in [0.1, 0.15) is 5.76 Å². The normalized spacial score (nSPS) is 12.8. The number of likely N-dealkylation sites (N-methyl/N-ethyl adjacent to an activating group) is 1. The number of carbonyl (C=O) groups is 1. The maximum atomic E-state index is 12.6. The Balaban J connectivity index is 1.60. The Morgan fingerprint density at radius 3 is 2.44 bits per heavy atom. The fourth-order valence-corrected chi connectivity index (χ4v) is 4.27. The fourth-order valence-electron chi connectivity index (χ4n) is 2.95. The van der Waals surface area contributed by atoms with Gasteiger partial charge in [-0.1, -0.05) is 35.9 Å². The number of hydrogen-bond donors (Lipinski definition) is 2. The Kier molecular flexibility index (Phi) is 7.74. The van der Waals surface area contributed by atoms with Gasteiger partial charge in [0.15, 0.2) is 0 Å². The van der Waals surface area contributed by atoms with Crippen LogP contribution in [0.5, 0.6) is 0 Å². The molecule has 0 saturated heterocycles. The molecule has 0 saturated carbocycles. The highest BCUT2D eigenvalue weighted by Gasteiger charge is 2.17. The van der Waals surface area contributed by atoms with Crippen molar-refractivity contribution in [1.29, 1.82) is 0 Å². The number of rotatable bonds is 9. The average Bonchev–Trinajstić information content (AvgIpc) is 3.28. The highest BCUT2D eigenvalue weighted by Crippen LogP contribution is 2.24. The summed E-state index contributed by atoms with van der Waals surface area (Å²) in [4.78, 5) is 14.3. The third-order valence-electron chi connectivity index (χ3n) is 4.70. The predicted octanol–water partition coefficient (Wildman–Crippen LogP) is 4.17. The van der Waals surface area contributed by atoms with E-state index in [4.69, 9.17) is 16.0 Å². The molecule has 3 rings (SSSR count). The predicted molar refractivity (Wildman–Crippen MR) is 126 cm³/mol. The molecule has 9 heteroatoms. The molecule has 1 atom stereocenters. The van der Waals surface area contributed by atoms with Gasteiger partial charge in [-0.15, -0.1) is 0 Å². The van der Waals surface area contributed by atoms with Gasteiger partial charge in [0.2, 0.25) is 5.91 Å². The molecule has 1 amide bonds. The van der Waals surface area contributed by atoms with Gasteiger partial charge in [-0.3, -0.25) is 14.4 Å². The van der Waals surface area contributed by atoms with E-state index in [9.17, 15) is 13.2 Å². The largest absolute Gasteiger partial charge is 0.468 e. The molecule has 168 valence electrons. The first-order valence-corrected chi connectivity index (χ1v) is 11.7. The topological polar surface area (TPSA) is 91.7 Å². The third kappa shape index (κ3) is 6.23. The summed E-state index contributed by atoms with van der Waals surface area (Å²) in [5, 5.41) is 3.16. The molecule has 0 aliphatic heterocycles. The van der Waals surface area contributed by atoms with Gasteiger partial charge in [0.05, 0.1) is 27.9 Å². The van der Waals surface area contributed by atoms with Gasteiger partial charge in [0.25, 0.3) is 10.0 Å². The summed E-state index contributed by atoms with van der Waals surface area (Å²) >= 11 is 6.02. The summed E-state index contributed by atoms with van der Waals surface area (Å²) in [6.07, 6.45) is 4.62. The SMILES string of the molecule is CN(C)C(CNC(=O)/C=C/c1ccc(S(=O)(=O)Nc2ccccc2Cl)cc1)c1ccco1. The summed E-state index contributed by atoms with van der Waals surface area (Å²) in [5.41, 5.74) is 0.993. The van der Waals surface area contributed by atoms with Crippen LogP contribution in [-0.4, -0.2) is 39.9 Å². The standard InChI is InChI=1S/C23H24ClN3O4S/c1-27(2)21(22-8-5-15-31-22)16-25-23(28)14-11-17-9-12-18(13-10-17)32(29,30)26-20-7-4-3-6-19(20)24/h3-15,21,26H,16H2,1-2H3,(H,25,28)/b14-11+. The molecule has 0 aliphatic rings. The van der Waals surface area contributed by atoms with E-state index in [-0.39, 0.29) is 16.8 Å². The van der Waals surface area contributed by atoms with Gasteiger partial charge in [-0.25, -0.2) is 8.42 Å². The molecule has 0 spiro atoms. The van der Waals surface area contributed by atoms with Gasteiger partial charge in [0, 0.05) is 12.6 Å². The number of amides is 1. The zero-order valence-corrected chi connectivity index (χ0v) is 19.2. The highest BCUT2D eigenvalue weighted by atomic mass is 35.5. The van der Waals surface area contributed by atoms with Gasteiger partial charge in [-0.2, -0.15) is 0 Å². The summed E-state index contributed by atoms with van der Waals surface area (Å²) in [6.45, 7) is 0.384. The molecule has 1 unspecified atom stereocenters. The van der Waals surface area contributed by atoms with Crippen LogP contribution in [0.15, 0.2) is 82.3 Å². The quantitative estimate of drug-likeness (QED) is 0.455. The summed E-state index contributed by atoms with van der Waals surface area (Å²) < 4.78 is 33.0. The maximum absolute atomic E-state index is 12.6. The summed E-state index contributed by atoms with van der Waals surface area (Å²) in [5.74, 6) is 0.502. The molecule has 0 radical (unpaired) electrons. The Labute approximate surface area is 192 Å². The number of nitrogens with one attached hydrogen (secondary N) is 2. The molecule has 3 aromatic rings. The number of benzene rings is 2. The minimum Gasteiger partial charge on any atom is -0.468 e. The Hall–Kier alpha value is -3.07. The van der Waals surface area contributed by atoms with Crippen molar-refractivity contribution in [3.8, 4) is 0 Å². The number of hydrogen-bond acceptors (Lipinski definition) is 5. The fraction of sp³-hybridized carbons (Fsp3) is 0.174. The lowest BCUT2D eigenvalue weighted by Gasteiger charge is -2.22. The van der Waals surface area contributed by atoms with Crippen molar-refractivity contribution in [1.82, 2.24) is 10.2 Å². The Bertz CT molecular complexity index is 1170. The zero-order chi connectivity index (χ0) is 23.1. The first-order chi connectivity index (χ1) is 15.3. The Morgan fingerprint density at radius 1 is 1.09 bits per heavy atom. The van der Waals surface area contributed by atoms with Crippen molar-refractivity contribution in [3.63, 3.8) is 0 Å². The molecule has 0 bridgehead atoms. The van der Waals surface area contributed by atoms with E-state index in [1.807, 2.05) is 25.1 Å². The molecule has 7 nitrogen and oxygen atoms in total. The molecular formula is C23H24ClN3O4S. The highest BCUT2D eigenvalue weighted by molar-refractivity contribution is 7.92. The number of anilines is 1. The van der Waals surface area contributed by atoms with Crippen molar-refractivity contribution in [2.75, 3.05) is 25.4 Å². The van der Waals surface area contributed by atoms with E-state index in [1.165, 1.54) is 18.2 Å².